The van der Waals surface area contributed by atoms with Crippen molar-refractivity contribution in [2.75, 3.05) is 0 Å². The standard InChI is InChI=1S/C14H13ClN4O/c1-9(2)10-5-3-4-6-11(10)20-13-7-12(15)18-14-16-8-17-19(13)14/h3-9H,1-2H3. The molecule has 2 heterocycles. The number of ether oxygens (including phenoxy) is 1. The van der Waals surface area contributed by atoms with E-state index in [1.165, 1.54) is 10.8 Å². The van der Waals surface area contributed by atoms with Crippen molar-refractivity contribution in [3.05, 3.63) is 47.4 Å². The third kappa shape index (κ3) is 2.32. The van der Waals surface area contributed by atoms with E-state index in [2.05, 4.69) is 28.9 Å². The molecular formula is C14H13ClN4O. The molecule has 0 unspecified atom stereocenters. The van der Waals surface area contributed by atoms with Crippen LogP contribution in [0.4, 0.5) is 0 Å². The van der Waals surface area contributed by atoms with E-state index < -0.39 is 0 Å². The first-order valence-corrected chi connectivity index (χ1v) is 6.66. The summed E-state index contributed by atoms with van der Waals surface area (Å²) in [7, 11) is 0. The molecule has 6 heteroatoms. The molecule has 0 saturated carbocycles. The third-order valence-electron chi connectivity index (χ3n) is 2.94. The van der Waals surface area contributed by atoms with E-state index in [4.69, 9.17) is 16.3 Å². The second-order valence-electron chi connectivity index (χ2n) is 4.68. The van der Waals surface area contributed by atoms with Crippen LogP contribution in [0.5, 0.6) is 11.6 Å². The van der Waals surface area contributed by atoms with Crippen molar-refractivity contribution in [1.29, 1.82) is 0 Å². The monoisotopic (exact) mass is 288 g/mol. The van der Waals surface area contributed by atoms with Gasteiger partial charge in [0.25, 0.3) is 5.78 Å². The predicted molar refractivity (Wildman–Crippen MR) is 76.4 cm³/mol. The van der Waals surface area contributed by atoms with Crippen LogP contribution in [0.25, 0.3) is 5.78 Å². The molecule has 0 bridgehead atoms. The Morgan fingerprint density at radius 2 is 2.05 bits per heavy atom. The molecule has 2 aromatic heterocycles. The molecule has 1 aromatic carbocycles. The van der Waals surface area contributed by atoms with Gasteiger partial charge < -0.3 is 4.74 Å². The van der Waals surface area contributed by atoms with Gasteiger partial charge in [-0.3, -0.25) is 0 Å². The summed E-state index contributed by atoms with van der Waals surface area (Å²) in [6, 6.07) is 9.52. The zero-order chi connectivity index (χ0) is 14.1. The molecule has 0 aliphatic rings. The first kappa shape index (κ1) is 12.9. The zero-order valence-corrected chi connectivity index (χ0v) is 11.9. The number of fused-ring (bicyclic) bond motifs is 1. The van der Waals surface area contributed by atoms with Gasteiger partial charge in [-0.05, 0) is 17.5 Å². The van der Waals surface area contributed by atoms with Gasteiger partial charge in [0.15, 0.2) is 0 Å². The van der Waals surface area contributed by atoms with Crippen LogP contribution in [0.2, 0.25) is 5.15 Å². The Bertz CT molecular complexity index is 754. The average Bonchev–Trinajstić information content (AvgIpc) is 2.87. The molecular weight excluding hydrogens is 276 g/mol. The van der Waals surface area contributed by atoms with Crippen molar-refractivity contribution in [3.8, 4) is 11.6 Å². The molecule has 0 saturated heterocycles. The second-order valence-corrected chi connectivity index (χ2v) is 5.07. The highest BCUT2D eigenvalue weighted by Crippen LogP contribution is 2.30. The Labute approximate surface area is 121 Å². The molecule has 0 spiro atoms. The van der Waals surface area contributed by atoms with Gasteiger partial charge in [0.1, 0.15) is 17.2 Å². The molecule has 0 aliphatic carbocycles. The lowest BCUT2D eigenvalue weighted by atomic mass is 10.0. The van der Waals surface area contributed by atoms with Crippen LogP contribution >= 0.6 is 11.6 Å². The van der Waals surface area contributed by atoms with Crippen LogP contribution < -0.4 is 4.74 Å². The minimum atomic E-state index is 0.322. The first-order valence-electron chi connectivity index (χ1n) is 6.28. The fourth-order valence-corrected chi connectivity index (χ4v) is 2.16. The maximum Gasteiger partial charge on any atom is 0.256 e. The summed E-state index contributed by atoms with van der Waals surface area (Å²) in [6.07, 6.45) is 1.42. The maximum absolute atomic E-state index is 5.98. The number of aromatic nitrogens is 4. The Balaban J connectivity index is 2.08. The van der Waals surface area contributed by atoms with Crippen molar-refractivity contribution in [2.24, 2.45) is 0 Å². The summed E-state index contributed by atoms with van der Waals surface area (Å²) in [6.45, 7) is 4.24. The van der Waals surface area contributed by atoms with Crippen LogP contribution in [0.15, 0.2) is 36.7 Å². The van der Waals surface area contributed by atoms with Crippen molar-refractivity contribution in [2.45, 2.75) is 19.8 Å². The summed E-state index contributed by atoms with van der Waals surface area (Å²) in [5.74, 6) is 2.04. The van der Waals surface area contributed by atoms with E-state index >= 15 is 0 Å². The largest absolute Gasteiger partial charge is 0.438 e. The van der Waals surface area contributed by atoms with E-state index in [-0.39, 0.29) is 0 Å². The normalized spacial score (nSPS) is 11.2. The van der Waals surface area contributed by atoms with Gasteiger partial charge in [-0.1, -0.05) is 43.6 Å². The van der Waals surface area contributed by atoms with E-state index in [9.17, 15) is 0 Å². The Morgan fingerprint density at radius 3 is 2.85 bits per heavy atom. The fourth-order valence-electron chi connectivity index (χ4n) is 1.99. The Kier molecular flexibility index (Phi) is 3.28. The second kappa shape index (κ2) is 5.09. The zero-order valence-electron chi connectivity index (χ0n) is 11.1. The molecule has 0 fully saturated rings. The Hall–Kier alpha value is -2.14. The van der Waals surface area contributed by atoms with Gasteiger partial charge in [0.2, 0.25) is 5.88 Å². The predicted octanol–water partition coefficient (Wildman–Crippen LogP) is 3.69. The number of hydrogen-bond acceptors (Lipinski definition) is 4. The lowest BCUT2D eigenvalue weighted by molar-refractivity contribution is 0.438. The number of hydrogen-bond donors (Lipinski definition) is 0. The van der Waals surface area contributed by atoms with E-state index in [0.717, 1.165) is 11.3 Å². The lowest BCUT2D eigenvalue weighted by Crippen LogP contribution is -2.00. The highest BCUT2D eigenvalue weighted by atomic mass is 35.5. The molecule has 0 amide bonds. The number of benzene rings is 1. The van der Waals surface area contributed by atoms with E-state index in [1.807, 2.05) is 24.3 Å². The molecule has 3 rings (SSSR count). The van der Waals surface area contributed by atoms with Crippen molar-refractivity contribution < 1.29 is 4.74 Å². The fraction of sp³-hybridized carbons (Fsp3) is 0.214. The SMILES string of the molecule is CC(C)c1ccccc1Oc1cc(Cl)nc2ncnn12. The molecule has 0 atom stereocenters. The summed E-state index contributed by atoms with van der Waals surface area (Å²) in [5.41, 5.74) is 1.12. The van der Waals surface area contributed by atoms with Gasteiger partial charge in [0.05, 0.1) is 0 Å². The van der Waals surface area contributed by atoms with Crippen molar-refractivity contribution in [1.82, 2.24) is 19.6 Å². The first-order chi connectivity index (χ1) is 9.65. The average molecular weight is 289 g/mol. The molecule has 20 heavy (non-hydrogen) atoms. The molecule has 0 aliphatic heterocycles. The van der Waals surface area contributed by atoms with Crippen LogP contribution in [0.3, 0.4) is 0 Å². The highest BCUT2D eigenvalue weighted by Gasteiger charge is 2.12. The van der Waals surface area contributed by atoms with Crippen molar-refractivity contribution >= 4 is 17.4 Å². The Morgan fingerprint density at radius 1 is 1.25 bits per heavy atom. The summed E-state index contributed by atoms with van der Waals surface area (Å²) in [4.78, 5) is 8.09. The minimum absolute atomic E-state index is 0.322. The van der Waals surface area contributed by atoms with E-state index in [0.29, 0.717) is 22.7 Å². The molecule has 102 valence electrons. The highest BCUT2D eigenvalue weighted by molar-refractivity contribution is 6.29. The molecule has 0 N–H and O–H groups in total. The summed E-state index contributed by atoms with van der Waals surface area (Å²) < 4.78 is 7.48. The third-order valence-corrected chi connectivity index (χ3v) is 3.14. The van der Waals surface area contributed by atoms with Gasteiger partial charge in [-0.2, -0.15) is 19.6 Å². The summed E-state index contributed by atoms with van der Waals surface area (Å²) >= 11 is 5.98. The van der Waals surface area contributed by atoms with E-state index in [1.54, 1.807) is 6.07 Å². The summed E-state index contributed by atoms with van der Waals surface area (Å²) in [5, 5.41) is 4.41. The van der Waals surface area contributed by atoms with Gasteiger partial charge in [0, 0.05) is 6.07 Å². The molecule has 5 nitrogen and oxygen atoms in total. The van der Waals surface area contributed by atoms with Crippen LogP contribution in [0, 0.1) is 0 Å². The van der Waals surface area contributed by atoms with Crippen LogP contribution in [0.1, 0.15) is 25.3 Å². The number of rotatable bonds is 3. The van der Waals surface area contributed by atoms with Crippen LogP contribution in [-0.2, 0) is 0 Å². The number of nitrogens with zero attached hydrogens (tertiary/aromatic N) is 4. The van der Waals surface area contributed by atoms with Crippen LogP contribution in [-0.4, -0.2) is 19.6 Å². The smallest absolute Gasteiger partial charge is 0.256 e. The molecule has 3 aromatic rings. The van der Waals surface area contributed by atoms with Gasteiger partial charge in [-0.15, -0.1) is 0 Å². The van der Waals surface area contributed by atoms with Gasteiger partial charge in [-0.25, -0.2) is 0 Å². The maximum atomic E-state index is 5.98. The quantitative estimate of drug-likeness (QED) is 0.690. The minimum Gasteiger partial charge on any atom is -0.438 e. The number of para-hydroxylation sites is 1. The lowest BCUT2D eigenvalue weighted by Gasteiger charge is -2.13. The van der Waals surface area contributed by atoms with Crippen molar-refractivity contribution in [3.63, 3.8) is 0 Å². The number of halogens is 1. The van der Waals surface area contributed by atoms with Gasteiger partial charge >= 0.3 is 0 Å². The molecule has 0 radical (unpaired) electrons. The topological polar surface area (TPSA) is 52.3 Å².